The van der Waals surface area contributed by atoms with Crippen LogP contribution in [-0.4, -0.2) is 21.8 Å². The van der Waals surface area contributed by atoms with Crippen molar-refractivity contribution in [3.05, 3.63) is 24.4 Å². The summed E-state index contributed by atoms with van der Waals surface area (Å²) in [5.74, 6) is 0.460. The zero-order chi connectivity index (χ0) is 13.8. The van der Waals surface area contributed by atoms with E-state index in [1.165, 1.54) is 32.1 Å². The first kappa shape index (κ1) is 16.0. The van der Waals surface area contributed by atoms with Crippen molar-refractivity contribution in [1.82, 2.24) is 4.98 Å². The van der Waals surface area contributed by atoms with Gasteiger partial charge in [0.05, 0.1) is 5.03 Å². The summed E-state index contributed by atoms with van der Waals surface area (Å²) in [4.78, 5) is 14.6. The van der Waals surface area contributed by atoms with E-state index in [0.717, 1.165) is 23.6 Å². The van der Waals surface area contributed by atoms with Crippen LogP contribution in [0.5, 0.6) is 0 Å². The topological polar surface area (TPSA) is 50.2 Å². The Hall–Kier alpha value is -1.03. The van der Waals surface area contributed by atoms with E-state index in [2.05, 4.69) is 4.98 Å². The van der Waals surface area contributed by atoms with Gasteiger partial charge >= 0.3 is 5.97 Å². The molecule has 1 heterocycles. The second kappa shape index (κ2) is 10.9. The molecule has 0 aromatic carbocycles. The molecule has 4 heteroatoms. The van der Waals surface area contributed by atoms with Crippen molar-refractivity contribution in [1.29, 1.82) is 0 Å². The number of nitrogens with zero attached hydrogens (tertiary/aromatic N) is 1. The van der Waals surface area contributed by atoms with Crippen LogP contribution >= 0.6 is 11.8 Å². The van der Waals surface area contributed by atoms with E-state index in [1.54, 1.807) is 0 Å². The Balaban J connectivity index is 1.83. The standard InChI is InChI=1S/C15H23NO2S/c17-15(18)11-6-4-2-1-3-5-9-13-19-14-10-7-8-12-16-14/h7-8,10,12H,1-6,9,11,13H2,(H,17,18). The summed E-state index contributed by atoms with van der Waals surface area (Å²) in [6.45, 7) is 0. The molecule has 0 aliphatic heterocycles. The maximum atomic E-state index is 10.3. The van der Waals surface area contributed by atoms with Gasteiger partial charge in [0.2, 0.25) is 0 Å². The molecule has 0 unspecified atom stereocenters. The number of carboxylic acid groups (broad SMARTS) is 1. The van der Waals surface area contributed by atoms with Gasteiger partial charge in [0.25, 0.3) is 0 Å². The summed E-state index contributed by atoms with van der Waals surface area (Å²) >= 11 is 1.82. The Bertz CT molecular complexity index is 343. The van der Waals surface area contributed by atoms with Crippen molar-refractivity contribution in [2.75, 3.05) is 5.75 Å². The van der Waals surface area contributed by atoms with Crippen LogP contribution in [0.4, 0.5) is 0 Å². The molecule has 1 aromatic heterocycles. The summed E-state index contributed by atoms with van der Waals surface area (Å²) in [6, 6.07) is 6.01. The van der Waals surface area contributed by atoms with Gasteiger partial charge in [-0.1, -0.05) is 38.2 Å². The van der Waals surface area contributed by atoms with Crippen molar-refractivity contribution in [2.24, 2.45) is 0 Å². The van der Waals surface area contributed by atoms with Crippen LogP contribution < -0.4 is 0 Å². The second-order valence-corrected chi connectivity index (χ2v) is 5.75. The molecule has 1 rings (SSSR count). The molecule has 1 N–H and O–H groups in total. The fourth-order valence-electron chi connectivity index (χ4n) is 1.87. The first-order valence-electron chi connectivity index (χ1n) is 7.04. The Morgan fingerprint density at radius 2 is 1.74 bits per heavy atom. The van der Waals surface area contributed by atoms with Crippen LogP contribution in [-0.2, 0) is 4.79 Å². The maximum Gasteiger partial charge on any atom is 0.303 e. The van der Waals surface area contributed by atoms with Gasteiger partial charge in [-0.05, 0) is 30.7 Å². The van der Waals surface area contributed by atoms with E-state index in [1.807, 2.05) is 36.2 Å². The molecule has 0 aliphatic rings. The molecule has 0 saturated heterocycles. The molecule has 0 bridgehead atoms. The summed E-state index contributed by atoms with van der Waals surface area (Å²) in [5.41, 5.74) is 0. The SMILES string of the molecule is O=C(O)CCCCCCCCCSc1ccccn1. The average Bonchev–Trinajstić information content (AvgIpc) is 2.42. The highest BCUT2D eigenvalue weighted by Crippen LogP contribution is 2.17. The highest BCUT2D eigenvalue weighted by Gasteiger charge is 1.97. The number of carbonyl (C=O) groups is 1. The van der Waals surface area contributed by atoms with Crippen molar-refractivity contribution in [2.45, 2.75) is 56.4 Å². The lowest BCUT2D eigenvalue weighted by Crippen LogP contribution is -1.93. The van der Waals surface area contributed by atoms with Crippen LogP contribution in [0.3, 0.4) is 0 Å². The van der Waals surface area contributed by atoms with Gasteiger partial charge in [-0.15, -0.1) is 11.8 Å². The number of pyridine rings is 1. The predicted molar refractivity (Wildman–Crippen MR) is 79.5 cm³/mol. The summed E-state index contributed by atoms with van der Waals surface area (Å²) in [7, 11) is 0. The predicted octanol–water partition coefficient (Wildman–Crippen LogP) is 4.38. The van der Waals surface area contributed by atoms with Crippen LogP contribution in [0, 0.1) is 0 Å². The van der Waals surface area contributed by atoms with Gasteiger partial charge in [-0.25, -0.2) is 4.98 Å². The highest BCUT2D eigenvalue weighted by molar-refractivity contribution is 7.99. The van der Waals surface area contributed by atoms with Gasteiger partial charge in [0.15, 0.2) is 0 Å². The quantitative estimate of drug-likeness (QED) is 0.483. The van der Waals surface area contributed by atoms with Gasteiger partial charge in [0.1, 0.15) is 0 Å². The lowest BCUT2D eigenvalue weighted by atomic mass is 10.1. The van der Waals surface area contributed by atoms with Crippen molar-refractivity contribution in [3.8, 4) is 0 Å². The monoisotopic (exact) mass is 281 g/mol. The molecule has 19 heavy (non-hydrogen) atoms. The van der Waals surface area contributed by atoms with Crippen LogP contribution in [0.15, 0.2) is 29.4 Å². The molecule has 106 valence electrons. The summed E-state index contributed by atoms with van der Waals surface area (Å²) in [6.07, 6.45) is 10.2. The molecule has 0 radical (unpaired) electrons. The van der Waals surface area contributed by atoms with Gasteiger partial charge in [0, 0.05) is 12.6 Å². The highest BCUT2D eigenvalue weighted by atomic mass is 32.2. The molecular weight excluding hydrogens is 258 g/mol. The van der Waals surface area contributed by atoms with E-state index in [4.69, 9.17) is 5.11 Å². The van der Waals surface area contributed by atoms with E-state index in [9.17, 15) is 4.79 Å². The van der Waals surface area contributed by atoms with E-state index < -0.39 is 5.97 Å². The normalized spacial score (nSPS) is 10.5. The summed E-state index contributed by atoms with van der Waals surface area (Å²) in [5, 5.41) is 9.61. The Labute approximate surface area is 119 Å². The van der Waals surface area contributed by atoms with Crippen molar-refractivity contribution < 1.29 is 9.90 Å². The van der Waals surface area contributed by atoms with Gasteiger partial charge < -0.3 is 5.11 Å². The largest absolute Gasteiger partial charge is 0.481 e. The molecule has 0 aliphatic carbocycles. The first-order valence-corrected chi connectivity index (χ1v) is 8.03. The molecule has 0 saturated carbocycles. The summed E-state index contributed by atoms with van der Waals surface area (Å²) < 4.78 is 0. The van der Waals surface area contributed by atoms with E-state index in [-0.39, 0.29) is 0 Å². The molecular formula is C15H23NO2S. The lowest BCUT2D eigenvalue weighted by Gasteiger charge is -2.02. The minimum absolute atomic E-state index is 0.320. The average molecular weight is 281 g/mol. The zero-order valence-corrected chi connectivity index (χ0v) is 12.2. The van der Waals surface area contributed by atoms with Crippen LogP contribution in [0.1, 0.15) is 51.4 Å². The Morgan fingerprint density at radius 1 is 1.05 bits per heavy atom. The number of aromatic nitrogens is 1. The molecule has 0 spiro atoms. The van der Waals surface area contributed by atoms with E-state index >= 15 is 0 Å². The third-order valence-electron chi connectivity index (χ3n) is 2.92. The number of unbranched alkanes of at least 4 members (excludes halogenated alkanes) is 6. The lowest BCUT2D eigenvalue weighted by molar-refractivity contribution is -0.137. The minimum Gasteiger partial charge on any atom is -0.481 e. The maximum absolute atomic E-state index is 10.3. The minimum atomic E-state index is -0.674. The van der Waals surface area contributed by atoms with Gasteiger partial charge in [-0.2, -0.15) is 0 Å². The number of hydrogen-bond acceptors (Lipinski definition) is 3. The fraction of sp³-hybridized carbons (Fsp3) is 0.600. The third kappa shape index (κ3) is 9.54. The Morgan fingerprint density at radius 3 is 2.37 bits per heavy atom. The number of carboxylic acids is 1. The zero-order valence-electron chi connectivity index (χ0n) is 11.4. The number of aliphatic carboxylic acids is 1. The smallest absolute Gasteiger partial charge is 0.303 e. The molecule has 3 nitrogen and oxygen atoms in total. The first-order chi connectivity index (χ1) is 9.29. The molecule has 0 amide bonds. The molecule has 0 atom stereocenters. The third-order valence-corrected chi connectivity index (χ3v) is 3.95. The second-order valence-electron chi connectivity index (χ2n) is 4.64. The van der Waals surface area contributed by atoms with Crippen LogP contribution in [0.2, 0.25) is 0 Å². The Kier molecular flexibility index (Phi) is 9.15. The molecule has 1 aromatic rings. The number of rotatable bonds is 11. The molecule has 0 fully saturated rings. The number of thioether (sulfide) groups is 1. The van der Waals surface area contributed by atoms with Crippen molar-refractivity contribution >= 4 is 17.7 Å². The van der Waals surface area contributed by atoms with Gasteiger partial charge in [-0.3, -0.25) is 4.79 Å². The van der Waals surface area contributed by atoms with Crippen LogP contribution in [0.25, 0.3) is 0 Å². The number of hydrogen-bond donors (Lipinski definition) is 1. The van der Waals surface area contributed by atoms with E-state index in [0.29, 0.717) is 6.42 Å². The fourth-order valence-corrected chi connectivity index (χ4v) is 2.74. The van der Waals surface area contributed by atoms with Crippen molar-refractivity contribution in [3.63, 3.8) is 0 Å².